The average molecular weight is 348 g/mol. The Morgan fingerprint density at radius 1 is 1.29 bits per heavy atom. The lowest BCUT2D eigenvalue weighted by atomic mass is 10.1. The second kappa shape index (κ2) is 6.63. The number of nitrogens with two attached hydrogens (primary N) is 1. The smallest absolute Gasteiger partial charge is 0.172 e. The largest absolute Gasteiger partial charge is 0.409 e. The summed E-state index contributed by atoms with van der Waals surface area (Å²) in [5, 5.41) is 12.0. The molecule has 110 valence electrons. The fraction of sp³-hybridized carbons (Fsp3) is 0.188. The number of aryl methyl sites for hydroxylation is 1. The van der Waals surface area contributed by atoms with Crippen molar-refractivity contribution in [3.05, 3.63) is 63.6 Å². The Kier molecular flexibility index (Phi) is 4.85. The van der Waals surface area contributed by atoms with Gasteiger partial charge in [-0.1, -0.05) is 39.3 Å². The quantitative estimate of drug-likeness (QED) is 0.385. The molecule has 0 aliphatic rings. The first-order valence-electron chi connectivity index (χ1n) is 6.55. The van der Waals surface area contributed by atoms with E-state index in [0.29, 0.717) is 0 Å². The van der Waals surface area contributed by atoms with Gasteiger partial charge in [0.2, 0.25) is 0 Å². The number of hydrogen-bond donors (Lipinski definition) is 2. The minimum absolute atomic E-state index is 0.117. The third kappa shape index (κ3) is 3.76. The molecule has 2 rings (SSSR count). The number of amidine groups is 1. The van der Waals surface area contributed by atoms with E-state index in [1.165, 1.54) is 5.56 Å². The van der Waals surface area contributed by atoms with Gasteiger partial charge in [-0.3, -0.25) is 0 Å². The van der Waals surface area contributed by atoms with Crippen LogP contribution in [-0.2, 0) is 6.54 Å². The second-order valence-corrected chi connectivity index (χ2v) is 5.91. The standard InChI is InChI=1S/C16H18BrN3O/c1-11-6-7-14(16(18)19-21)15(8-11)20(2)10-12-4-3-5-13(17)9-12/h3-9,21H,10H2,1-2H3,(H2,18,19). The highest BCUT2D eigenvalue weighted by Gasteiger charge is 2.12. The lowest BCUT2D eigenvalue weighted by Crippen LogP contribution is -2.22. The molecular formula is C16H18BrN3O. The Morgan fingerprint density at radius 2 is 2.05 bits per heavy atom. The van der Waals surface area contributed by atoms with Crippen molar-refractivity contribution in [1.82, 2.24) is 0 Å². The van der Waals surface area contributed by atoms with Crippen LogP contribution in [0, 0.1) is 6.92 Å². The normalized spacial score (nSPS) is 11.5. The molecule has 5 heteroatoms. The van der Waals surface area contributed by atoms with Gasteiger partial charge in [-0.05, 0) is 42.3 Å². The number of anilines is 1. The molecule has 4 nitrogen and oxygen atoms in total. The van der Waals surface area contributed by atoms with Gasteiger partial charge in [0.05, 0.1) is 0 Å². The Bertz CT molecular complexity index is 670. The molecule has 0 saturated carbocycles. The molecule has 0 fully saturated rings. The van der Waals surface area contributed by atoms with Crippen LogP contribution in [0.1, 0.15) is 16.7 Å². The average Bonchev–Trinajstić information content (AvgIpc) is 2.46. The summed E-state index contributed by atoms with van der Waals surface area (Å²) < 4.78 is 1.05. The van der Waals surface area contributed by atoms with E-state index in [9.17, 15) is 0 Å². The van der Waals surface area contributed by atoms with E-state index >= 15 is 0 Å². The molecule has 0 aliphatic carbocycles. The van der Waals surface area contributed by atoms with Gasteiger partial charge >= 0.3 is 0 Å². The van der Waals surface area contributed by atoms with Gasteiger partial charge < -0.3 is 15.8 Å². The molecule has 0 aliphatic heterocycles. The summed E-state index contributed by atoms with van der Waals surface area (Å²) in [5.41, 5.74) is 9.73. The molecule has 0 aromatic heterocycles. The first kappa shape index (κ1) is 15.4. The molecule has 0 saturated heterocycles. The van der Waals surface area contributed by atoms with Crippen molar-refractivity contribution in [2.24, 2.45) is 10.9 Å². The zero-order chi connectivity index (χ0) is 15.4. The van der Waals surface area contributed by atoms with E-state index in [2.05, 4.69) is 38.1 Å². The third-order valence-corrected chi connectivity index (χ3v) is 3.75. The molecular weight excluding hydrogens is 330 g/mol. The van der Waals surface area contributed by atoms with Crippen LogP contribution in [0.2, 0.25) is 0 Å². The third-order valence-electron chi connectivity index (χ3n) is 3.26. The van der Waals surface area contributed by atoms with Crippen molar-refractivity contribution in [3.8, 4) is 0 Å². The van der Waals surface area contributed by atoms with E-state index in [0.717, 1.165) is 27.8 Å². The SMILES string of the molecule is Cc1ccc(C(N)=NO)c(N(C)Cc2cccc(Br)c2)c1. The summed E-state index contributed by atoms with van der Waals surface area (Å²) in [6, 6.07) is 14.0. The van der Waals surface area contributed by atoms with Gasteiger partial charge in [0.25, 0.3) is 0 Å². The van der Waals surface area contributed by atoms with Crippen molar-refractivity contribution in [3.63, 3.8) is 0 Å². The molecule has 0 unspecified atom stereocenters. The van der Waals surface area contributed by atoms with Crippen LogP contribution in [0.5, 0.6) is 0 Å². The minimum atomic E-state index is 0.117. The molecule has 0 amide bonds. The lowest BCUT2D eigenvalue weighted by Gasteiger charge is -2.23. The van der Waals surface area contributed by atoms with Gasteiger partial charge in [0.1, 0.15) is 0 Å². The van der Waals surface area contributed by atoms with E-state index < -0.39 is 0 Å². The second-order valence-electron chi connectivity index (χ2n) is 4.99. The highest BCUT2D eigenvalue weighted by molar-refractivity contribution is 9.10. The monoisotopic (exact) mass is 347 g/mol. The molecule has 3 N–H and O–H groups in total. The zero-order valence-corrected chi connectivity index (χ0v) is 13.6. The highest BCUT2D eigenvalue weighted by atomic mass is 79.9. The summed E-state index contributed by atoms with van der Waals surface area (Å²) in [6.07, 6.45) is 0. The van der Waals surface area contributed by atoms with Crippen molar-refractivity contribution >= 4 is 27.5 Å². The van der Waals surface area contributed by atoms with Crippen molar-refractivity contribution in [2.75, 3.05) is 11.9 Å². The number of rotatable bonds is 4. The minimum Gasteiger partial charge on any atom is -0.409 e. The maximum absolute atomic E-state index is 8.93. The fourth-order valence-corrected chi connectivity index (χ4v) is 2.67. The topological polar surface area (TPSA) is 61.9 Å². The predicted octanol–water partition coefficient (Wildman–Crippen LogP) is 3.49. The van der Waals surface area contributed by atoms with Crippen molar-refractivity contribution < 1.29 is 5.21 Å². The Labute approximate surface area is 133 Å². The van der Waals surface area contributed by atoms with E-state index in [4.69, 9.17) is 10.9 Å². The van der Waals surface area contributed by atoms with Crippen LogP contribution in [0.25, 0.3) is 0 Å². The van der Waals surface area contributed by atoms with Gasteiger partial charge in [0.15, 0.2) is 5.84 Å². The predicted molar refractivity (Wildman–Crippen MR) is 89.9 cm³/mol. The van der Waals surface area contributed by atoms with Gasteiger partial charge in [-0.15, -0.1) is 0 Å². The summed E-state index contributed by atoms with van der Waals surface area (Å²) >= 11 is 3.48. The van der Waals surface area contributed by atoms with Gasteiger partial charge in [0, 0.05) is 29.3 Å². The van der Waals surface area contributed by atoms with E-state index in [1.54, 1.807) is 0 Å². The van der Waals surface area contributed by atoms with Crippen LogP contribution >= 0.6 is 15.9 Å². The molecule has 21 heavy (non-hydrogen) atoms. The maximum Gasteiger partial charge on any atom is 0.172 e. The first-order valence-corrected chi connectivity index (χ1v) is 7.34. The Morgan fingerprint density at radius 3 is 2.71 bits per heavy atom. The zero-order valence-electron chi connectivity index (χ0n) is 12.0. The van der Waals surface area contributed by atoms with Crippen LogP contribution in [0.4, 0.5) is 5.69 Å². The highest BCUT2D eigenvalue weighted by Crippen LogP contribution is 2.23. The van der Waals surface area contributed by atoms with E-state index in [-0.39, 0.29) is 5.84 Å². The number of nitrogens with zero attached hydrogens (tertiary/aromatic N) is 2. The first-order chi connectivity index (χ1) is 10.0. The summed E-state index contributed by atoms with van der Waals surface area (Å²) in [7, 11) is 1.99. The van der Waals surface area contributed by atoms with Crippen LogP contribution in [0.15, 0.2) is 52.1 Å². The summed E-state index contributed by atoms with van der Waals surface area (Å²) in [6.45, 7) is 2.75. The number of hydrogen-bond acceptors (Lipinski definition) is 3. The summed E-state index contributed by atoms with van der Waals surface area (Å²) in [5.74, 6) is 0.117. The molecule has 0 radical (unpaired) electrons. The Hall–Kier alpha value is -2.01. The lowest BCUT2D eigenvalue weighted by molar-refractivity contribution is 0.318. The number of oxime groups is 1. The van der Waals surface area contributed by atoms with Gasteiger partial charge in [-0.25, -0.2) is 0 Å². The van der Waals surface area contributed by atoms with Crippen LogP contribution in [-0.4, -0.2) is 18.1 Å². The number of benzene rings is 2. The molecule has 2 aromatic rings. The maximum atomic E-state index is 8.93. The van der Waals surface area contributed by atoms with Crippen molar-refractivity contribution in [1.29, 1.82) is 0 Å². The van der Waals surface area contributed by atoms with Crippen molar-refractivity contribution in [2.45, 2.75) is 13.5 Å². The van der Waals surface area contributed by atoms with Crippen LogP contribution < -0.4 is 10.6 Å². The number of halogens is 1. The fourth-order valence-electron chi connectivity index (χ4n) is 2.22. The molecule has 0 atom stereocenters. The molecule has 0 spiro atoms. The molecule has 0 heterocycles. The van der Waals surface area contributed by atoms with Crippen LogP contribution in [0.3, 0.4) is 0 Å². The Balaban J connectivity index is 2.34. The molecule has 0 bridgehead atoms. The van der Waals surface area contributed by atoms with E-state index in [1.807, 2.05) is 44.3 Å². The summed E-state index contributed by atoms with van der Waals surface area (Å²) in [4.78, 5) is 2.09. The van der Waals surface area contributed by atoms with Gasteiger partial charge in [-0.2, -0.15) is 0 Å². The molecule has 2 aromatic carbocycles.